The van der Waals surface area contributed by atoms with E-state index in [0.29, 0.717) is 0 Å². The Labute approximate surface area is 205 Å². The van der Waals surface area contributed by atoms with Gasteiger partial charge in [0, 0.05) is 16.7 Å². The lowest BCUT2D eigenvalue weighted by Crippen LogP contribution is -2.30. The first-order valence-corrected chi connectivity index (χ1v) is 10.7. The summed E-state index contributed by atoms with van der Waals surface area (Å²) in [5.41, 5.74) is 0.205. The average molecular weight is 507 g/mol. The van der Waals surface area contributed by atoms with Crippen LogP contribution in [0.15, 0.2) is 34.4 Å². The van der Waals surface area contributed by atoms with Crippen LogP contribution in [0.2, 0.25) is 5.02 Å². The molecule has 0 radical (unpaired) electrons. The van der Waals surface area contributed by atoms with E-state index in [-0.39, 0.29) is 52.0 Å². The molecule has 0 unspecified atom stereocenters. The second-order valence-electron chi connectivity index (χ2n) is 7.49. The van der Waals surface area contributed by atoms with Gasteiger partial charge in [0.15, 0.2) is 18.1 Å². The van der Waals surface area contributed by atoms with E-state index in [1.54, 1.807) is 13.8 Å². The fourth-order valence-corrected chi connectivity index (χ4v) is 3.35. The molecule has 0 spiro atoms. The van der Waals surface area contributed by atoms with E-state index in [2.05, 4.69) is 10.1 Å². The van der Waals surface area contributed by atoms with Gasteiger partial charge in [0.2, 0.25) is 5.76 Å². The van der Waals surface area contributed by atoms with Gasteiger partial charge in [-0.1, -0.05) is 11.6 Å². The molecule has 1 N–H and O–H groups in total. The molecule has 186 valence electrons. The van der Waals surface area contributed by atoms with Crippen LogP contribution >= 0.6 is 11.6 Å². The van der Waals surface area contributed by atoms with Gasteiger partial charge >= 0.3 is 18.0 Å². The van der Waals surface area contributed by atoms with Crippen LogP contribution in [-0.4, -0.2) is 55.7 Å². The van der Waals surface area contributed by atoms with E-state index in [1.807, 2.05) is 0 Å². The van der Waals surface area contributed by atoms with Gasteiger partial charge in [0.25, 0.3) is 5.91 Å². The van der Waals surface area contributed by atoms with Gasteiger partial charge < -0.3 is 28.7 Å². The van der Waals surface area contributed by atoms with Crippen LogP contribution < -0.4 is 14.8 Å². The minimum absolute atomic E-state index is 0.0610. The molecule has 0 saturated carbocycles. The summed E-state index contributed by atoms with van der Waals surface area (Å²) in [5, 5.41) is 2.74. The number of hydrogen-bond acceptors (Lipinski definition) is 9. The number of carbonyl (C=O) groups excluding carboxylic acids is 4. The number of imide groups is 1. The summed E-state index contributed by atoms with van der Waals surface area (Å²) >= 11 is 6.17. The number of amides is 3. The maximum Gasteiger partial charge on any atom is 0.373 e. The molecule has 0 atom stereocenters. The van der Waals surface area contributed by atoms with E-state index in [1.165, 1.54) is 44.6 Å². The Kier molecular flexibility index (Phi) is 8.02. The summed E-state index contributed by atoms with van der Waals surface area (Å²) in [6.07, 6.45) is 1.02. The lowest BCUT2D eigenvalue weighted by Gasteiger charge is -2.15. The monoisotopic (exact) mass is 506 g/mol. The summed E-state index contributed by atoms with van der Waals surface area (Å²) in [6, 6.07) is 5.09. The van der Waals surface area contributed by atoms with Crippen LogP contribution in [0.3, 0.4) is 0 Å². The van der Waals surface area contributed by atoms with Gasteiger partial charge in [-0.15, -0.1) is 0 Å². The topological polar surface area (TPSA) is 134 Å². The number of benzene rings is 1. The third-order valence-corrected chi connectivity index (χ3v) is 4.81. The average Bonchev–Trinajstić information content (AvgIpc) is 3.37. The number of halogens is 1. The van der Waals surface area contributed by atoms with Gasteiger partial charge in [0.1, 0.15) is 11.5 Å². The van der Waals surface area contributed by atoms with Crippen LogP contribution in [0.25, 0.3) is 6.08 Å². The second kappa shape index (κ2) is 11.0. The highest BCUT2D eigenvalue weighted by Gasteiger charge is 2.35. The zero-order valence-electron chi connectivity index (χ0n) is 19.4. The maximum atomic E-state index is 12.9. The van der Waals surface area contributed by atoms with Crippen LogP contribution in [0, 0.1) is 0 Å². The Hall–Kier alpha value is -3.99. The molecule has 1 saturated heterocycles. The fourth-order valence-electron chi connectivity index (χ4n) is 3.13. The number of ether oxygens (including phenoxy) is 4. The molecule has 3 amide bonds. The number of carbonyl (C=O) groups is 4. The summed E-state index contributed by atoms with van der Waals surface area (Å²) in [7, 11) is 2.59. The number of nitrogens with one attached hydrogen (secondary N) is 1. The zero-order valence-corrected chi connectivity index (χ0v) is 20.1. The highest BCUT2D eigenvalue weighted by atomic mass is 35.5. The first-order chi connectivity index (χ1) is 16.6. The highest BCUT2D eigenvalue weighted by molar-refractivity contribution is 6.31. The van der Waals surface area contributed by atoms with Crippen molar-refractivity contribution in [3.05, 3.63) is 52.1 Å². The van der Waals surface area contributed by atoms with Gasteiger partial charge in [-0.3, -0.25) is 9.69 Å². The van der Waals surface area contributed by atoms with Gasteiger partial charge in [-0.2, -0.15) is 0 Å². The van der Waals surface area contributed by atoms with Gasteiger partial charge in [-0.25, -0.2) is 14.4 Å². The van der Waals surface area contributed by atoms with Crippen molar-refractivity contribution in [1.82, 2.24) is 10.2 Å². The van der Waals surface area contributed by atoms with E-state index < -0.39 is 30.5 Å². The SMILES string of the molecule is COC(=O)c1ccc(CN2C(=O)N/C(=C/c3cc(Cl)cc(OC)c3OCC(=O)OC(C)C)C2=O)o1. The molecule has 1 aromatic heterocycles. The van der Waals surface area contributed by atoms with Gasteiger partial charge in [0.05, 0.1) is 26.9 Å². The molecule has 12 heteroatoms. The number of esters is 2. The molecule has 35 heavy (non-hydrogen) atoms. The Morgan fingerprint density at radius 1 is 1.20 bits per heavy atom. The largest absolute Gasteiger partial charge is 0.493 e. The standard InChI is InChI=1S/C23H23ClN2O9/c1-12(2)34-19(27)11-33-20-13(7-14(24)9-18(20)31-3)8-16-21(28)26(23(30)25-16)10-15-5-6-17(35-15)22(29)32-4/h5-9,12H,10-11H2,1-4H3,(H,25,30)/b16-8+. The van der Waals surface area contributed by atoms with E-state index in [0.717, 1.165) is 4.90 Å². The minimum atomic E-state index is -0.700. The van der Waals surface area contributed by atoms with Crippen molar-refractivity contribution in [2.24, 2.45) is 0 Å². The van der Waals surface area contributed by atoms with Crippen molar-refractivity contribution >= 4 is 41.6 Å². The first-order valence-electron chi connectivity index (χ1n) is 10.3. The molecular formula is C23H23ClN2O9. The Morgan fingerprint density at radius 3 is 2.60 bits per heavy atom. The molecule has 2 aromatic rings. The number of furan rings is 1. The minimum Gasteiger partial charge on any atom is -0.493 e. The summed E-state index contributed by atoms with van der Waals surface area (Å²) in [4.78, 5) is 49.8. The summed E-state index contributed by atoms with van der Waals surface area (Å²) in [6.45, 7) is 2.77. The zero-order chi connectivity index (χ0) is 25.7. The molecule has 2 heterocycles. The molecular weight excluding hydrogens is 484 g/mol. The second-order valence-corrected chi connectivity index (χ2v) is 7.93. The maximum absolute atomic E-state index is 12.9. The molecule has 0 aliphatic carbocycles. The van der Waals surface area contributed by atoms with Crippen molar-refractivity contribution < 1.29 is 42.5 Å². The predicted octanol–water partition coefficient (Wildman–Crippen LogP) is 3.15. The fraction of sp³-hybridized carbons (Fsp3) is 0.304. The van der Waals surface area contributed by atoms with Crippen LogP contribution in [0.1, 0.15) is 35.7 Å². The van der Waals surface area contributed by atoms with Gasteiger partial charge in [-0.05, 0) is 38.1 Å². The summed E-state index contributed by atoms with van der Waals surface area (Å²) < 4.78 is 25.9. The Bertz CT molecular complexity index is 1190. The van der Waals surface area contributed by atoms with Crippen molar-refractivity contribution in [2.45, 2.75) is 26.5 Å². The van der Waals surface area contributed by atoms with Crippen LogP contribution in [0.5, 0.6) is 11.5 Å². The number of urea groups is 1. The smallest absolute Gasteiger partial charge is 0.373 e. The van der Waals surface area contributed by atoms with E-state index >= 15 is 0 Å². The van der Waals surface area contributed by atoms with E-state index in [4.69, 9.17) is 30.2 Å². The number of hydrogen-bond donors (Lipinski definition) is 1. The highest BCUT2D eigenvalue weighted by Crippen LogP contribution is 2.36. The molecule has 1 fully saturated rings. The predicted molar refractivity (Wildman–Crippen MR) is 122 cm³/mol. The Balaban J connectivity index is 1.85. The third kappa shape index (κ3) is 6.12. The summed E-state index contributed by atoms with van der Waals surface area (Å²) in [5.74, 6) is -1.47. The normalized spacial score (nSPS) is 14.3. The molecule has 1 aliphatic rings. The molecule has 1 aromatic carbocycles. The molecule has 3 rings (SSSR count). The molecule has 11 nitrogen and oxygen atoms in total. The molecule has 0 bridgehead atoms. The quantitative estimate of drug-likeness (QED) is 0.309. The van der Waals surface area contributed by atoms with Crippen molar-refractivity contribution in [1.29, 1.82) is 0 Å². The number of nitrogens with zero attached hydrogens (tertiary/aromatic N) is 1. The Morgan fingerprint density at radius 2 is 1.94 bits per heavy atom. The van der Waals surface area contributed by atoms with Crippen LogP contribution in [-0.2, 0) is 25.6 Å². The van der Waals surface area contributed by atoms with Crippen LogP contribution in [0.4, 0.5) is 4.79 Å². The lowest BCUT2D eigenvalue weighted by atomic mass is 10.1. The van der Waals surface area contributed by atoms with Crippen molar-refractivity contribution in [3.63, 3.8) is 0 Å². The lowest BCUT2D eigenvalue weighted by molar-refractivity contribution is -0.149. The molecule has 1 aliphatic heterocycles. The van der Waals surface area contributed by atoms with Crippen molar-refractivity contribution in [2.75, 3.05) is 20.8 Å². The van der Waals surface area contributed by atoms with Crippen molar-refractivity contribution in [3.8, 4) is 11.5 Å². The number of rotatable bonds is 9. The first kappa shape index (κ1) is 25.6. The third-order valence-electron chi connectivity index (χ3n) is 4.59. The number of methoxy groups -OCH3 is 2. The van der Waals surface area contributed by atoms with E-state index in [9.17, 15) is 19.2 Å².